The molecule has 1 aliphatic heterocycles. The molecule has 0 unspecified atom stereocenters. The molecule has 2 aromatic carbocycles. The molecular formula is C18H18N2O4. The maximum atomic E-state index is 12.3. The SMILES string of the molecule is NC(=O)CCOc1ccc(NC(=O)c2ccc3c(c2)CCO3)cc1. The topological polar surface area (TPSA) is 90.7 Å². The smallest absolute Gasteiger partial charge is 0.255 e. The first-order valence-electron chi connectivity index (χ1n) is 7.70. The number of fused-ring (bicyclic) bond motifs is 1. The minimum absolute atomic E-state index is 0.167. The van der Waals surface area contributed by atoms with E-state index in [9.17, 15) is 9.59 Å². The number of carbonyl (C=O) groups is 2. The van der Waals surface area contributed by atoms with Crippen LogP contribution in [0.15, 0.2) is 42.5 Å². The molecule has 0 radical (unpaired) electrons. The molecule has 2 aromatic rings. The summed E-state index contributed by atoms with van der Waals surface area (Å²) in [6, 6.07) is 12.4. The summed E-state index contributed by atoms with van der Waals surface area (Å²) in [5.41, 5.74) is 7.37. The molecule has 0 saturated carbocycles. The highest BCUT2D eigenvalue weighted by molar-refractivity contribution is 6.04. The number of hydrogen-bond donors (Lipinski definition) is 2. The summed E-state index contributed by atoms with van der Waals surface area (Å²) in [5, 5.41) is 2.84. The van der Waals surface area contributed by atoms with E-state index in [4.69, 9.17) is 15.2 Å². The molecule has 0 aliphatic carbocycles. The van der Waals surface area contributed by atoms with Gasteiger partial charge in [0.1, 0.15) is 11.5 Å². The molecule has 0 spiro atoms. The number of rotatable bonds is 6. The summed E-state index contributed by atoms with van der Waals surface area (Å²) in [6.07, 6.45) is 0.994. The van der Waals surface area contributed by atoms with Gasteiger partial charge in [-0.1, -0.05) is 0 Å². The Bertz CT molecular complexity index is 756. The molecule has 24 heavy (non-hydrogen) atoms. The summed E-state index contributed by atoms with van der Waals surface area (Å²) in [4.78, 5) is 23.0. The van der Waals surface area contributed by atoms with Crippen LogP contribution in [0.25, 0.3) is 0 Å². The molecular weight excluding hydrogens is 308 g/mol. The Labute approximate surface area is 139 Å². The van der Waals surface area contributed by atoms with Gasteiger partial charge < -0.3 is 20.5 Å². The van der Waals surface area contributed by atoms with Crippen molar-refractivity contribution in [1.82, 2.24) is 0 Å². The second-order valence-electron chi connectivity index (χ2n) is 5.46. The number of nitrogens with one attached hydrogen (secondary N) is 1. The van der Waals surface area contributed by atoms with Crippen LogP contribution in [-0.4, -0.2) is 25.0 Å². The standard InChI is InChI=1S/C18H18N2O4/c19-17(21)8-10-23-15-4-2-14(3-5-15)20-18(22)13-1-6-16-12(11-13)7-9-24-16/h1-6,11H,7-10H2,(H2,19,21)(H,20,22). The maximum absolute atomic E-state index is 12.3. The van der Waals surface area contributed by atoms with E-state index in [0.717, 1.165) is 17.7 Å². The van der Waals surface area contributed by atoms with Crippen LogP contribution in [0.5, 0.6) is 11.5 Å². The molecule has 2 amide bonds. The molecule has 0 saturated heterocycles. The Morgan fingerprint density at radius 3 is 2.71 bits per heavy atom. The summed E-state index contributed by atoms with van der Waals surface area (Å²) < 4.78 is 10.8. The van der Waals surface area contributed by atoms with Crippen molar-refractivity contribution < 1.29 is 19.1 Å². The van der Waals surface area contributed by atoms with E-state index >= 15 is 0 Å². The first-order chi connectivity index (χ1) is 11.6. The van der Waals surface area contributed by atoms with E-state index in [1.54, 1.807) is 30.3 Å². The average molecular weight is 326 g/mol. The summed E-state index contributed by atoms with van der Waals surface area (Å²) in [7, 11) is 0. The Morgan fingerprint density at radius 1 is 1.17 bits per heavy atom. The Morgan fingerprint density at radius 2 is 1.96 bits per heavy atom. The van der Waals surface area contributed by atoms with Crippen LogP contribution >= 0.6 is 0 Å². The molecule has 1 heterocycles. The zero-order valence-corrected chi connectivity index (χ0v) is 13.1. The zero-order chi connectivity index (χ0) is 16.9. The van der Waals surface area contributed by atoms with Crippen LogP contribution in [0.2, 0.25) is 0 Å². The summed E-state index contributed by atoms with van der Waals surface area (Å²) in [6.45, 7) is 0.899. The van der Waals surface area contributed by atoms with Crippen LogP contribution in [0.3, 0.4) is 0 Å². The van der Waals surface area contributed by atoms with Gasteiger partial charge in [-0.2, -0.15) is 0 Å². The highest BCUT2D eigenvalue weighted by Crippen LogP contribution is 2.26. The van der Waals surface area contributed by atoms with E-state index in [1.165, 1.54) is 0 Å². The van der Waals surface area contributed by atoms with E-state index in [1.807, 2.05) is 12.1 Å². The van der Waals surface area contributed by atoms with Crippen LogP contribution < -0.4 is 20.5 Å². The van der Waals surface area contributed by atoms with E-state index in [-0.39, 0.29) is 18.9 Å². The van der Waals surface area contributed by atoms with E-state index in [0.29, 0.717) is 23.6 Å². The highest BCUT2D eigenvalue weighted by atomic mass is 16.5. The molecule has 6 nitrogen and oxygen atoms in total. The van der Waals surface area contributed by atoms with Crippen molar-refractivity contribution in [3.05, 3.63) is 53.6 Å². The highest BCUT2D eigenvalue weighted by Gasteiger charge is 2.15. The fourth-order valence-corrected chi connectivity index (χ4v) is 2.44. The number of amides is 2. The van der Waals surface area contributed by atoms with Gasteiger partial charge in [0.15, 0.2) is 0 Å². The van der Waals surface area contributed by atoms with Gasteiger partial charge in [-0.15, -0.1) is 0 Å². The second kappa shape index (κ2) is 7.04. The van der Waals surface area contributed by atoms with Crippen molar-refractivity contribution >= 4 is 17.5 Å². The lowest BCUT2D eigenvalue weighted by Crippen LogP contribution is -2.14. The second-order valence-corrected chi connectivity index (χ2v) is 5.46. The summed E-state index contributed by atoms with van der Waals surface area (Å²) >= 11 is 0. The van der Waals surface area contributed by atoms with Crippen LogP contribution in [0, 0.1) is 0 Å². The zero-order valence-electron chi connectivity index (χ0n) is 13.1. The van der Waals surface area contributed by atoms with Crippen molar-refractivity contribution in [2.75, 3.05) is 18.5 Å². The fourth-order valence-electron chi connectivity index (χ4n) is 2.44. The van der Waals surface area contributed by atoms with E-state index < -0.39 is 5.91 Å². The average Bonchev–Trinajstić information content (AvgIpc) is 3.03. The van der Waals surface area contributed by atoms with Crippen LogP contribution in [-0.2, 0) is 11.2 Å². The normalized spacial score (nSPS) is 12.2. The third-order valence-electron chi connectivity index (χ3n) is 3.68. The molecule has 0 fully saturated rings. The third kappa shape index (κ3) is 3.84. The van der Waals surface area contributed by atoms with Gasteiger partial charge in [0.25, 0.3) is 5.91 Å². The van der Waals surface area contributed by atoms with Gasteiger partial charge in [-0.05, 0) is 48.0 Å². The van der Waals surface area contributed by atoms with Gasteiger partial charge in [-0.3, -0.25) is 9.59 Å². The van der Waals surface area contributed by atoms with Gasteiger partial charge in [0, 0.05) is 17.7 Å². The lowest BCUT2D eigenvalue weighted by atomic mass is 10.1. The van der Waals surface area contributed by atoms with Crippen molar-refractivity contribution in [1.29, 1.82) is 0 Å². The Balaban J connectivity index is 1.59. The Kier molecular flexibility index (Phi) is 4.65. The predicted molar refractivity (Wildman–Crippen MR) is 89.3 cm³/mol. The molecule has 0 atom stereocenters. The first-order valence-corrected chi connectivity index (χ1v) is 7.70. The Hall–Kier alpha value is -3.02. The number of ether oxygens (including phenoxy) is 2. The van der Waals surface area contributed by atoms with Crippen molar-refractivity contribution in [2.45, 2.75) is 12.8 Å². The molecule has 0 aromatic heterocycles. The lowest BCUT2D eigenvalue weighted by Gasteiger charge is -2.08. The quantitative estimate of drug-likeness (QED) is 0.851. The largest absolute Gasteiger partial charge is 0.493 e. The number of hydrogen-bond acceptors (Lipinski definition) is 4. The minimum Gasteiger partial charge on any atom is -0.493 e. The first kappa shape index (κ1) is 15.9. The number of carbonyl (C=O) groups excluding carboxylic acids is 2. The molecule has 1 aliphatic rings. The van der Waals surface area contributed by atoms with Crippen molar-refractivity contribution in [3.8, 4) is 11.5 Å². The molecule has 3 N–H and O–H groups in total. The monoisotopic (exact) mass is 326 g/mol. The minimum atomic E-state index is -0.404. The number of nitrogens with two attached hydrogens (primary N) is 1. The fraction of sp³-hybridized carbons (Fsp3) is 0.222. The van der Waals surface area contributed by atoms with Gasteiger partial charge >= 0.3 is 0 Å². The van der Waals surface area contributed by atoms with Gasteiger partial charge in [0.2, 0.25) is 5.91 Å². The third-order valence-corrected chi connectivity index (χ3v) is 3.68. The maximum Gasteiger partial charge on any atom is 0.255 e. The van der Waals surface area contributed by atoms with Crippen LogP contribution in [0.1, 0.15) is 22.3 Å². The van der Waals surface area contributed by atoms with E-state index in [2.05, 4.69) is 5.32 Å². The number of anilines is 1. The molecule has 3 rings (SSSR count). The van der Waals surface area contributed by atoms with Crippen molar-refractivity contribution in [3.63, 3.8) is 0 Å². The number of benzene rings is 2. The van der Waals surface area contributed by atoms with Gasteiger partial charge in [-0.25, -0.2) is 0 Å². The number of primary amides is 1. The molecule has 0 bridgehead atoms. The van der Waals surface area contributed by atoms with Crippen molar-refractivity contribution in [2.24, 2.45) is 5.73 Å². The molecule has 124 valence electrons. The lowest BCUT2D eigenvalue weighted by molar-refractivity contribution is -0.118. The predicted octanol–water partition coefficient (Wildman–Crippen LogP) is 2.13. The van der Waals surface area contributed by atoms with Gasteiger partial charge in [0.05, 0.1) is 19.6 Å². The summed E-state index contributed by atoms with van der Waals surface area (Å²) in [5.74, 6) is 0.888. The molecule has 6 heteroatoms. The van der Waals surface area contributed by atoms with Crippen LogP contribution in [0.4, 0.5) is 5.69 Å².